The summed E-state index contributed by atoms with van der Waals surface area (Å²) < 4.78 is 1.81. The summed E-state index contributed by atoms with van der Waals surface area (Å²) in [5.41, 5.74) is 10.5. The van der Waals surface area contributed by atoms with E-state index < -0.39 is 0 Å². The molecule has 2 aromatic heterocycles. The summed E-state index contributed by atoms with van der Waals surface area (Å²) in [7, 11) is 0. The maximum absolute atomic E-state index is 6.30. The lowest BCUT2D eigenvalue weighted by Crippen LogP contribution is -2.04. The third kappa shape index (κ3) is 1.76. The van der Waals surface area contributed by atoms with Gasteiger partial charge in [0.1, 0.15) is 5.52 Å². The molecule has 19 heavy (non-hydrogen) atoms. The summed E-state index contributed by atoms with van der Waals surface area (Å²) in [6.07, 6.45) is 1.75. The lowest BCUT2D eigenvalue weighted by atomic mass is 10.2. The van der Waals surface area contributed by atoms with Gasteiger partial charge in [-0.15, -0.1) is 0 Å². The molecule has 3 aromatic rings. The molecular formula is C14H13ClN4. The van der Waals surface area contributed by atoms with Crippen molar-refractivity contribution in [3.05, 3.63) is 46.6 Å². The number of hydrogen-bond acceptors (Lipinski definition) is 3. The smallest absolute Gasteiger partial charge is 0.207 e. The molecule has 5 heteroatoms. The van der Waals surface area contributed by atoms with Crippen LogP contribution in [0.4, 0.5) is 5.95 Å². The predicted octanol–water partition coefficient (Wildman–Crippen LogP) is 3.27. The highest BCUT2D eigenvalue weighted by Gasteiger charge is 2.16. The highest BCUT2D eigenvalue weighted by Crippen LogP contribution is 2.30. The van der Waals surface area contributed by atoms with Crippen LogP contribution >= 0.6 is 11.6 Å². The summed E-state index contributed by atoms with van der Waals surface area (Å²) >= 11 is 6.30. The van der Waals surface area contributed by atoms with E-state index in [2.05, 4.69) is 9.97 Å². The van der Waals surface area contributed by atoms with Crippen molar-refractivity contribution in [3.63, 3.8) is 0 Å². The Morgan fingerprint density at radius 3 is 2.68 bits per heavy atom. The molecule has 0 aliphatic rings. The van der Waals surface area contributed by atoms with Crippen LogP contribution in [0.15, 0.2) is 30.5 Å². The first-order chi connectivity index (χ1) is 9.09. The first kappa shape index (κ1) is 12.0. The minimum absolute atomic E-state index is 0.396. The van der Waals surface area contributed by atoms with Crippen LogP contribution in [0, 0.1) is 13.8 Å². The van der Waals surface area contributed by atoms with Crippen LogP contribution < -0.4 is 5.73 Å². The summed E-state index contributed by atoms with van der Waals surface area (Å²) in [5.74, 6) is 0.396. The molecule has 0 aliphatic heterocycles. The van der Waals surface area contributed by atoms with E-state index in [0.29, 0.717) is 11.0 Å². The zero-order chi connectivity index (χ0) is 13.6. The van der Waals surface area contributed by atoms with E-state index >= 15 is 0 Å². The molecule has 0 aliphatic carbocycles. The average Bonchev–Trinajstić information content (AvgIpc) is 2.68. The van der Waals surface area contributed by atoms with E-state index in [-0.39, 0.29) is 0 Å². The van der Waals surface area contributed by atoms with Crippen molar-refractivity contribution >= 4 is 28.7 Å². The molecule has 2 heterocycles. The number of benzene rings is 1. The van der Waals surface area contributed by atoms with Gasteiger partial charge in [-0.05, 0) is 37.1 Å². The number of rotatable bonds is 1. The fourth-order valence-corrected chi connectivity index (χ4v) is 2.54. The van der Waals surface area contributed by atoms with Crippen molar-refractivity contribution in [3.8, 4) is 5.69 Å². The van der Waals surface area contributed by atoms with Crippen molar-refractivity contribution in [2.75, 3.05) is 5.73 Å². The van der Waals surface area contributed by atoms with Crippen LogP contribution in [-0.4, -0.2) is 14.5 Å². The molecule has 0 saturated carbocycles. The molecule has 0 unspecified atom stereocenters. The molecule has 1 aromatic carbocycles. The number of fused-ring (bicyclic) bond motifs is 1. The Hall–Kier alpha value is -2.07. The lowest BCUT2D eigenvalue weighted by molar-refractivity contribution is 1.07. The number of hydrogen-bond donors (Lipinski definition) is 1. The van der Waals surface area contributed by atoms with Gasteiger partial charge in [0.2, 0.25) is 5.95 Å². The van der Waals surface area contributed by atoms with Crippen molar-refractivity contribution in [2.45, 2.75) is 13.8 Å². The van der Waals surface area contributed by atoms with E-state index in [1.54, 1.807) is 10.8 Å². The Bertz CT molecular complexity index is 756. The number of nitrogens with two attached hydrogens (primary N) is 1. The fraction of sp³-hybridized carbons (Fsp3) is 0.143. The van der Waals surface area contributed by atoms with Crippen molar-refractivity contribution in [1.82, 2.24) is 14.5 Å². The Labute approximate surface area is 115 Å². The number of pyridine rings is 1. The van der Waals surface area contributed by atoms with Gasteiger partial charge in [-0.1, -0.05) is 23.7 Å². The third-order valence-electron chi connectivity index (χ3n) is 3.19. The largest absolute Gasteiger partial charge is 0.369 e. The van der Waals surface area contributed by atoms with Crippen LogP contribution in [0.1, 0.15) is 11.1 Å². The van der Waals surface area contributed by atoms with Crippen LogP contribution in [0.2, 0.25) is 5.02 Å². The summed E-state index contributed by atoms with van der Waals surface area (Å²) in [6.45, 7) is 3.97. The number of para-hydroxylation sites is 1. The highest BCUT2D eigenvalue weighted by molar-refractivity contribution is 6.32. The van der Waals surface area contributed by atoms with Gasteiger partial charge in [0, 0.05) is 6.20 Å². The number of nitrogens with zero attached hydrogens (tertiary/aromatic N) is 3. The maximum atomic E-state index is 6.30. The molecule has 3 rings (SSSR count). The molecule has 0 atom stereocenters. The van der Waals surface area contributed by atoms with E-state index in [9.17, 15) is 0 Å². The Morgan fingerprint density at radius 2 is 1.95 bits per heavy atom. The molecule has 0 fully saturated rings. The molecular weight excluding hydrogens is 260 g/mol. The number of imidazole rings is 1. The normalized spacial score (nSPS) is 11.1. The van der Waals surface area contributed by atoms with Crippen LogP contribution in [-0.2, 0) is 0 Å². The molecule has 96 valence electrons. The summed E-state index contributed by atoms with van der Waals surface area (Å²) in [4.78, 5) is 8.77. The average molecular weight is 273 g/mol. The SMILES string of the molecule is Cc1cccc(Cl)c1-n1c(N)nc2c(C)ccnc21. The number of aromatic nitrogens is 3. The van der Waals surface area contributed by atoms with Gasteiger partial charge in [-0.25, -0.2) is 9.97 Å². The van der Waals surface area contributed by atoms with Gasteiger partial charge in [0.25, 0.3) is 0 Å². The third-order valence-corrected chi connectivity index (χ3v) is 3.49. The molecule has 0 radical (unpaired) electrons. The zero-order valence-electron chi connectivity index (χ0n) is 10.7. The van der Waals surface area contributed by atoms with Crippen LogP contribution in [0.25, 0.3) is 16.9 Å². The summed E-state index contributed by atoms with van der Waals surface area (Å²) in [6, 6.07) is 7.65. The standard InChI is InChI=1S/C14H13ClN4/c1-8-6-7-17-13-11(8)18-14(16)19(13)12-9(2)4-3-5-10(12)15/h3-7H,1-2H3,(H2,16,18). The van der Waals surface area contributed by atoms with E-state index in [4.69, 9.17) is 17.3 Å². The first-order valence-corrected chi connectivity index (χ1v) is 6.32. The number of aryl methyl sites for hydroxylation is 2. The van der Waals surface area contributed by atoms with Gasteiger partial charge in [-0.2, -0.15) is 0 Å². The quantitative estimate of drug-likeness (QED) is 0.740. The predicted molar refractivity (Wildman–Crippen MR) is 77.8 cm³/mol. The molecule has 0 amide bonds. The molecule has 0 spiro atoms. The topological polar surface area (TPSA) is 56.7 Å². The second kappa shape index (κ2) is 4.24. The van der Waals surface area contributed by atoms with Crippen LogP contribution in [0.3, 0.4) is 0 Å². The minimum atomic E-state index is 0.396. The Balaban J connectivity index is 2.44. The highest BCUT2D eigenvalue weighted by atomic mass is 35.5. The number of nitrogen functional groups attached to an aromatic ring is 1. The number of halogens is 1. The minimum Gasteiger partial charge on any atom is -0.369 e. The second-order valence-electron chi connectivity index (χ2n) is 4.51. The first-order valence-electron chi connectivity index (χ1n) is 5.94. The second-order valence-corrected chi connectivity index (χ2v) is 4.92. The zero-order valence-corrected chi connectivity index (χ0v) is 11.4. The van der Waals surface area contributed by atoms with Crippen LogP contribution in [0.5, 0.6) is 0 Å². The fourth-order valence-electron chi connectivity index (χ4n) is 2.24. The van der Waals surface area contributed by atoms with Gasteiger partial charge in [-0.3, -0.25) is 4.57 Å². The van der Waals surface area contributed by atoms with E-state index in [1.165, 1.54) is 0 Å². The van der Waals surface area contributed by atoms with E-state index in [0.717, 1.165) is 28.0 Å². The lowest BCUT2D eigenvalue weighted by Gasteiger charge is -2.11. The van der Waals surface area contributed by atoms with Gasteiger partial charge < -0.3 is 5.73 Å². The van der Waals surface area contributed by atoms with Gasteiger partial charge in [0.15, 0.2) is 5.65 Å². The van der Waals surface area contributed by atoms with Gasteiger partial charge >= 0.3 is 0 Å². The van der Waals surface area contributed by atoms with E-state index in [1.807, 2.05) is 38.1 Å². The molecule has 0 bridgehead atoms. The summed E-state index contributed by atoms with van der Waals surface area (Å²) in [5, 5.41) is 0.634. The maximum Gasteiger partial charge on any atom is 0.207 e. The Morgan fingerprint density at radius 1 is 1.16 bits per heavy atom. The molecule has 4 nitrogen and oxygen atoms in total. The Kier molecular flexibility index (Phi) is 2.68. The molecule has 2 N–H and O–H groups in total. The van der Waals surface area contributed by atoms with Crippen molar-refractivity contribution < 1.29 is 0 Å². The van der Waals surface area contributed by atoms with Crippen molar-refractivity contribution in [1.29, 1.82) is 0 Å². The number of anilines is 1. The van der Waals surface area contributed by atoms with Gasteiger partial charge in [0.05, 0.1) is 10.7 Å². The molecule has 0 saturated heterocycles. The van der Waals surface area contributed by atoms with Crippen molar-refractivity contribution in [2.24, 2.45) is 0 Å². The monoisotopic (exact) mass is 272 g/mol.